The Morgan fingerprint density at radius 3 is 2.26 bits per heavy atom. The molecule has 0 spiro atoms. The van der Waals surface area contributed by atoms with Gasteiger partial charge in [0.1, 0.15) is 11.5 Å². The average Bonchev–Trinajstić information content (AvgIpc) is 2.76. The summed E-state index contributed by atoms with van der Waals surface area (Å²) >= 11 is 3.34. The highest BCUT2D eigenvalue weighted by Crippen LogP contribution is 2.31. The van der Waals surface area contributed by atoms with E-state index in [1.807, 2.05) is 19.2 Å². The van der Waals surface area contributed by atoms with E-state index in [4.69, 9.17) is 9.15 Å². The molecule has 0 aliphatic heterocycles. The standard InChI is InChI=1S/C15H18BrNO2/c1-9-7-11(8-10(2)15(9)18-4)14(17-3)12-5-6-13(16)19-12/h5-8,14,17H,1-4H3. The predicted octanol–water partition coefficient (Wildman–Crippen LogP) is 3.98. The smallest absolute Gasteiger partial charge is 0.169 e. The second kappa shape index (κ2) is 5.80. The number of methoxy groups -OCH3 is 1. The van der Waals surface area contributed by atoms with E-state index in [2.05, 4.69) is 47.2 Å². The maximum absolute atomic E-state index is 5.65. The van der Waals surface area contributed by atoms with Gasteiger partial charge in [-0.25, -0.2) is 0 Å². The van der Waals surface area contributed by atoms with Crippen LogP contribution in [0.3, 0.4) is 0 Å². The molecule has 1 aromatic heterocycles. The van der Waals surface area contributed by atoms with E-state index < -0.39 is 0 Å². The lowest BCUT2D eigenvalue weighted by atomic mass is 9.99. The van der Waals surface area contributed by atoms with Crippen molar-refractivity contribution in [1.29, 1.82) is 0 Å². The molecule has 0 fully saturated rings. The number of aryl methyl sites for hydroxylation is 2. The normalized spacial score (nSPS) is 12.5. The first-order valence-electron chi connectivity index (χ1n) is 6.14. The van der Waals surface area contributed by atoms with Crippen molar-refractivity contribution in [3.05, 3.63) is 51.4 Å². The molecule has 19 heavy (non-hydrogen) atoms. The van der Waals surface area contributed by atoms with Gasteiger partial charge in [-0.15, -0.1) is 0 Å². The van der Waals surface area contributed by atoms with Crippen LogP contribution in [0.2, 0.25) is 0 Å². The van der Waals surface area contributed by atoms with Crippen LogP contribution in [-0.4, -0.2) is 14.2 Å². The zero-order valence-corrected chi connectivity index (χ0v) is 13.2. The third-order valence-electron chi connectivity index (χ3n) is 3.19. The molecule has 0 saturated carbocycles. The minimum absolute atomic E-state index is 0.0367. The Kier molecular flexibility index (Phi) is 4.32. The lowest BCUT2D eigenvalue weighted by molar-refractivity contribution is 0.407. The first-order chi connectivity index (χ1) is 9.06. The van der Waals surface area contributed by atoms with E-state index >= 15 is 0 Å². The Morgan fingerprint density at radius 2 is 1.84 bits per heavy atom. The Balaban J connectivity index is 2.44. The molecule has 2 aromatic rings. The lowest BCUT2D eigenvalue weighted by Gasteiger charge is -2.17. The van der Waals surface area contributed by atoms with Crippen molar-refractivity contribution in [1.82, 2.24) is 5.32 Å². The van der Waals surface area contributed by atoms with Gasteiger partial charge in [0.15, 0.2) is 4.67 Å². The topological polar surface area (TPSA) is 34.4 Å². The van der Waals surface area contributed by atoms with Crippen molar-refractivity contribution in [2.75, 3.05) is 14.2 Å². The van der Waals surface area contributed by atoms with E-state index in [0.717, 1.165) is 27.3 Å². The second-order valence-electron chi connectivity index (χ2n) is 4.55. The van der Waals surface area contributed by atoms with Crippen molar-refractivity contribution >= 4 is 15.9 Å². The molecular weight excluding hydrogens is 306 g/mol. The molecule has 1 atom stereocenters. The summed E-state index contributed by atoms with van der Waals surface area (Å²) < 4.78 is 11.8. The number of hydrogen-bond donors (Lipinski definition) is 1. The molecule has 0 saturated heterocycles. The molecule has 1 unspecified atom stereocenters. The summed E-state index contributed by atoms with van der Waals surface area (Å²) in [7, 11) is 3.63. The fourth-order valence-electron chi connectivity index (χ4n) is 2.43. The van der Waals surface area contributed by atoms with Gasteiger partial charge in [-0.05, 0) is 65.6 Å². The Hall–Kier alpha value is -1.26. The summed E-state index contributed by atoms with van der Waals surface area (Å²) in [5.41, 5.74) is 3.42. The van der Waals surface area contributed by atoms with Gasteiger partial charge in [-0.3, -0.25) is 0 Å². The average molecular weight is 324 g/mol. The molecular formula is C15H18BrNO2. The summed E-state index contributed by atoms with van der Waals surface area (Å²) in [5.74, 6) is 1.83. The van der Waals surface area contributed by atoms with Crippen LogP contribution in [0.5, 0.6) is 5.75 Å². The molecule has 0 aliphatic rings. The van der Waals surface area contributed by atoms with Crippen molar-refractivity contribution < 1.29 is 9.15 Å². The van der Waals surface area contributed by atoms with Crippen LogP contribution in [-0.2, 0) is 0 Å². The zero-order valence-electron chi connectivity index (χ0n) is 11.6. The van der Waals surface area contributed by atoms with Crippen molar-refractivity contribution in [3.63, 3.8) is 0 Å². The number of benzene rings is 1. The van der Waals surface area contributed by atoms with Gasteiger partial charge in [0.2, 0.25) is 0 Å². The molecule has 1 N–H and O–H groups in total. The first-order valence-corrected chi connectivity index (χ1v) is 6.93. The predicted molar refractivity (Wildman–Crippen MR) is 79.8 cm³/mol. The van der Waals surface area contributed by atoms with Gasteiger partial charge in [0, 0.05) is 0 Å². The third-order valence-corrected chi connectivity index (χ3v) is 3.61. The number of nitrogens with one attached hydrogen (secondary N) is 1. The van der Waals surface area contributed by atoms with Gasteiger partial charge in [0.05, 0.1) is 13.2 Å². The van der Waals surface area contributed by atoms with Crippen LogP contribution in [0.15, 0.2) is 33.4 Å². The highest BCUT2D eigenvalue weighted by molar-refractivity contribution is 9.10. The van der Waals surface area contributed by atoms with Crippen LogP contribution >= 0.6 is 15.9 Å². The Bertz CT molecular complexity index is 554. The molecule has 4 heteroatoms. The Morgan fingerprint density at radius 1 is 1.21 bits per heavy atom. The third kappa shape index (κ3) is 2.85. The molecule has 1 aromatic carbocycles. The van der Waals surface area contributed by atoms with Crippen molar-refractivity contribution in [2.45, 2.75) is 19.9 Å². The van der Waals surface area contributed by atoms with Crippen LogP contribution < -0.4 is 10.1 Å². The number of ether oxygens (including phenoxy) is 1. The number of halogens is 1. The molecule has 0 bridgehead atoms. The van der Waals surface area contributed by atoms with E-state index in [0.29, 0.717) is 0 Å². The van der Waals surface area contributed by atoms with Crippen molar-refractivity contribution in [3.8, 4) is 5.75 Å². The van der Waals surface area contributed by atoms with E-state index in [-0.39, 0.29) is 6.04 Å². The fourth-order valence-corrected chi connectivity index (χ4v) is 2.75. The maximum atomic E-state index is 5.65. The first kappa shape index (κ1) is 14.2. The maximum Gasteiger partial charge on any atom is 0.169 e. The fraction of sp³-hybridized carbons (Fsp3) is 0.333. The summed E-state index contributed by atoms with van der Waals surface area (Å²) in [4.78, 5) is 0. The molecule has 102 valence electrons. The highest BCUT2D eigenvalue weighted by atomic mass is 79.9. The van der Waals surface area contributed by atoms with Gasteiger partial charge >= 0.3 is 0 Å². The van der Waals surface area contributed by atoms with E-state index in [1.54, 1.807) is 7.11 Å². The number of furan rings is 1. The molecule has 0 radical (unpaired) electrons. The minimum Gasteiger partial charge on any atom is -0.496 e. The quantitative estimate of drug-likeness (QED) is 0.924. The summed E-state index contributed by atoms with van der Waals surface area (Å²) in [5, 5.41) is 3.28. The largest absolute Gasteiger partial charge is 0.496 e. The zero-order chi connectivity index (χ0) is 14.0. The summed E-state index contributed by atoms with van der Waals surface area (Å²) in [6, 6.07) is 8.17. The van der Waals surface area contributed by atoms with Gasteiger partial charge in [-0.1, -0.05) is 12.1 Å². The van der Waals surface area contributed by atoms with E-state index in [1.165, 1.54) is 5.56 Å². The Labute approximate surface area is 122 Å². The van der Waals surface area contributed by atoms with Gasteiger partial charge in [0.25, 0.3) is 0 Å². The highest BCUT2D eigenvalue weighted by Gasteiger charge is 2.18. The molecule has 1 heterocycles. The molecule has 3 nitrogen and oxygen atoms in total. The molecule has 0 amide bonds. The number of hydrogen-bond acceptors (Lipinski definition) is 3. The number of rotatable bonds is 4. The molecule has 0 aliphatic carbocycles. The summed E-state index contributed by atoms with van der Waals surface area (Å²) in [6.07, 6.45) is 0. The van der Waals surface area contributed by atoms with E-state index in [9.17, 15) is 0 Å². The van der Waals surface area contributed by atoms with Gasteiger partial charge in [-0.2, -0.15) is 0 Å². The van der Waals surface area contributed by atoms with Crippen molar-refractivity contribution in [2.24, 2.45) is 0 Å². The SMILES string of the molecule is CNC(c1cc(C)c(OC)c(C)c1)c1ccc(Br)o1. The second-order valence-corrected chi connectivity index (χ2v) is 5.33. The summed E-state index contributed by atoms with van der Waals surface area (Å²) in [6.45, 7) is 4.11. The van der Waals surface area contributed by atoms with Crippen LogP contribution in [0.25, 0.3) is 0 Å². The van der Waals surface area contributed by atoms with Crippen LogP contribution in [0, 0.1) is 13.8 Å². The lowest BCUT2D eigenvalue weighted by Crippen LogP contribution is -2.17. The van der Waals surface area contributed by atoms with Crippen LogP contribution in [0.4, 0.5) is 0 Å². The van der Waals surface area contributed by atoms with Crippen LogP contribution in [0.1, 0.15) is 28.5 Å². The van der Waals surface area contributed by atoms with Gasteiger partial charge < -0.3 is 14.5 Å². The molecule has 2 rings (SSSR count). The minimum atomic E-state index is 0.0367. The monoisotopic (exact) mass is 323 g/mol.